The van der Waals surface area contributed by atoms with E-state index in [4.69, 9.17) is 0 Å². The molecular formula is C15H19F3N2O. The van der Waals surface area contributed by atoms with Crippen LogP contribution in [0.2, 0.25) is 0 Å². The lowest BCUT2D eigenvalue weighted by Crippen LogP contribution is -2.45. The van der Waals surface area contributed by atoms with Gasteiger partial charge in [-0.3, -0.25) is 4.90 Å². The lowest BCUT2D eigenvalue weighted by molar-refractivity contribution is -0.274. The molecule has 1 N–H and O–H groups in total. The maximum atomic E-state index is 12.2. The van der Waals surface area contributed by atoms with Crippen LogP contribution in [0.3, 0.4) is 0 Å². The Hall–Kier alpha value is -1.27. The minimum absolute atomic E-state index is 0.152. The van der Waals surface area contributed by atoms with Crippen molar-refractivity contribution in [3.8, 4) is 5.75 Å². The summed E-state index contributed by atoms with van der Waals surface area (Å²) in [6, 6.07) is 6.70. The van der Waals surface area contributed by atoms with Gasteiger partial charge >= 0.3 is 6.36 Å². The summed E-state index contributed by atoms with van der Waals surface area (Å²) in [5, 5.41) is 3.33. The maximum absolute atomic E-state index is 12.2. The molecule has 1 saturated carbocycles. The molecule has 1 saturated heterocycles. The van der Waals surface area contributed by atoms with E-state index in [1.165, 1.54) is 25.0 Å². The van der Waals surface area contributed by atoms with Gasteiger partial charge in [0.15, 0.2) is 0 Å². The average molecular weight is 300 g/mol. The number of piperazine rings is 1. The molecule has 3 nitrogen and oxygen atoms in total. The summed E-state index contributed by atoms with van der Waals surface area (Å²) in [6.07, 6.45) is -2.22. The number of nitrogens with zero attached hydrogens (tertiary/aromatic N) is 1. The number of rotatable bonds is 4. The van der Waals surface area contributed by atoms with Gasteiger partial charge in [-0.2, -0.15) is 0 Å². The monoisotopic (exact) mass is 300 g/mol. The van der Waals surface area contributed by atoms with Crippen LogP contribution in [0.25, 0.3) is 0 Å². The van der Waals surface area contributed by atoms with Gasteiger partial charge in [0, 0.05) is 32.2 Å². The Bertz CT molecular complexity index is 465. The summed E-state index contributed by atoms with van der Waals surface area (Å²) in [6.45, 7) is 3.92. The molecule has 1 aromatic rings. The fourth-order valence-electron chi connectivity index (χ4n) is 3.02. The summed E-state index contributed by atoms with van der Waals surface area (Å²) in [7, 11) is 0. The van der Waals surface area contributed by atoms with Crippen molar-refractivity contribution in [1.29, 1.82) is 0 Å². The number of benzene rings is 1. The Morgan fingerprint density at radius 2 is 1.71 bits per heavy atom. The molecule has 21 heavy (non-hydrogen) atoms. The van der Waals surface area contributed by atoms with Gasteiger partial charge in [0.1, 0.15) is 5.75 Å². The zero-order valence-corrected chi connectivity index (χ0v) is 11.7. The summed E-state index contributed by atoms with van der Waals surface area (Å²) >= 11 is 0. The topological polar surface area (TPSA) is 24.5 Å². The van der Waals surface area contributed by atoms with Crippen molar-refractivity contribution in [1.82, 2.24) is 10.2 Å². The van der Waals surface area contributed by atoms with Crippen LogP contribution in [0.1, 0.15) is 24.4 Å². The predicted octanol–water partition coefficient (Wildman–Crippen LogP) is 2.94. The van der Waals surface area contributed by atoms with Crippen LogP contribution in [-0.2, 0) is 0 Å². The first-order valence-corrected chi connectivity index (χ1v) is 7.33. The first kappa shape index (κ1) is 14.7. The van der Waals surface area contributed by atoms with E-state index in [0.717, 1.165) is 31.7 Å². The lowest BCUT2D eigenvalue weighted by Gasteiger charge is -2.35. The van der Waals surface area contributed by atoms with E-state index in [1.807, 2.05) is 0 Å². The highest BCUT2D eigenvalue weighted by Crippen LogP contribution is 2.44. The molecule has 1 aliphatic carbocycles. The molecule has 3 rings (SSSR count). The summed E-state index contributed by atoms with van der Waals surface area (Å²) in [5.41, 5.74) is 1.09. The summed E-state index contributed by atoms with van der Waals surface area (Å²) in [5.74, 6) is 0.485. The predicted molar refractivity (Wildman–Crippen MR) is 73.0 cm³/mol. The molecule has 0 radical (unpaired) electrons. The highest BCUT2D eigenvalue weighted by molar-refractivity contribution is 5.30. The van der Waals surface area contributed by atoms with Crippen molar-refractivity contribution < 1.29 is 17.9 Å². The fraction of sp³-hybridized carbons (Fsp3) is 0.600. The highest BCUT2D eigenvalue weighted by Gasteiger charge is 2.37. The third-order valence-electron chi connectivity index (χ3n) is 4.07. The zero-order valence-electron chi connectivity index (χ0n) is 11.7. The molecule has 0 amide bonds. The minimum atomic E-state index is -4.63. The van der Waals surface area contributed by atoms with Crippen LogP contribution in [0.4, 0.5) is 13.2 Å². The second kappa shape index (κ2) is 5.85. The summed E-state index contributed by atoms with van der Waals surface area (Å²) < 4.78 is 40.5. The van der Waals surface area contributed by atoms with Gasteiger partial charge in [-0.15, -0.1) is 13.2 Å². The van der Waals surface area contributed by atoms with E-state index in [-0.39, 0.29) is 5.75 Å². The average Bonchev–Trinajstić information content (AvgIpc) is 3.25. The van der Waals surface area contributed by atoms with E-state index in [1.54, 1.807) is 12.1 Å². The van der Waals surface area contributed by atoms with Gasteiger partial charge in [0.25, 0.3) is 0 Å². The standard InChI is InChI=1S/C15H19F3N2O/c16-15(17,18)21-13-5-3-12(4-6-13)14(11-1-2-11)20-9-7-19-8-10-20/h3-6,11,14,19H,1-2,7-10H2/t14-/m0/s1. The Kier molecular flexibility index (Phi) is 4.08. The van der Waals surface area contributed by atoms with Crippen LogP contribution < -0.4 is 10.1 Å². The number of hydrogen-bond acceptors (Lipinski definition) is 3. The fourth-order valence-corrected chi connectivity index (χ4v) is 3.02. The van der Waals surface area contributed by atoms with Crippen LogP contribution in [0, 0.1) is 5.92 Å². The molecule has 2 aliphatic rings. The Morgan fingerprint density at radius 3 is 2.24 bits per heavy atom. The first-order valence-electron chi connectivity index (χ1n) is 7.33. The number of nitrogens with one attached hydrogen (secondary N) is 1. The molecule has 0 bridgehead atoms. The Balaban J connectivity index is 1.73. The van der Waals surface area contributed by atoms with Crippen molar-refractivity contribution in [2.24, 2.45) is 5.92 Å². The smallest absolute Gasteiger partial charge is 0.406 e. The number of ether oxygens (including phenoxy) is 1. The molecule has 6 heteroatoms. The van der Waals surface area contributed by atoms with E-state index >= 15 is 0 Å². The summed E-state index contributed by atoms with van der Waals surface area (Å²) in [4.78, 5) is 2.44. The van der Waals surface area contributed by atoms with E-state index < -0.39 is 6.36 Å². The van der Waals surface area contributed by atoms with Crippen molar-refractivity contribution >= 4 is 0 Å². The lowest BCUT2D eigenvalue weighted by atomic mass is 9.99. The van der Waals surface area contributed by atoms with E-state index in [0.29, 0.717) is 12.0 Å². The Labute approximate surface area is 122 Å². The molecule has 0 unspecified atom stereocenters. The molecule has 116 valence electrons. The molecule has 0 spiro atoms. The molecular weight excluding hydrogens is 281 g/mol. The van der Waals surface area contributed by atoms with Crippen LogP contribution in [-0.4, -0.2) is 37.4 Å². The Morgan fingerprint density at radius 1 is 1.10 bits per heavy atom. The van der Waals surface area contributed by atoms with Crippen LogP contribution >= 0.6 is 0 Å². The molecule has 2 fully saturated rings. The molecule has 1 heterocycles. The molecule has 1 aromatic carbocycles. The van der Waals surface area contributed by atoms with Gasteiger partial charge in [0.2, 0.25) is 0 Å². The number of halogens is 3. The zero-order chi connectivity index (χ0) is 14.9. The van der Waals surface area contributed by atoms with E-state index in [9.17, 15) is 13.2 Å². The van der Waals surface area contributed by atoms with Crippen molar-refractivity contribution in [2.45, 2.75) is 25.2 Å². The minimum Gasteiger partial charge on any atom is -0.406 e. The molecule has 0 aromatic heterocycles. The first-order chi connectivity index (χ1) is 10.0. The van der Waals surface area contributed by atoms with Crippen molar-refractivity contribution in [3.05, 3.63) is 29.8 Å². The van der Waals surface area contributed by atoms with Crippen LogP contribution in [0.5, 0.6) is 5.75 Å². The van der Waals surface area contributed by atoms with Gasteiger partial charge in [-0.25, -0.2) is 0 Å². The maximum Gasteiger partial charge on any atom is 0.573 e. The van der Waals surface area contributed by atoms with E-state index in [2.05, 4.69) is 15.0 Å². The van der Waals surface area contributed by atoms with Gasteiger partial charge in [0.05, 0.1) is 0 Å². The number of alkyl halides is 3. The van der Waals surface area contributed by atoms with Gasteiger partial charge in [-0.1, -0.05) is 12.1 Å². The quantitative estimate of drug-likeness (QED) is 0.925. The molecule has 1 atom stereocenters. The SMILES string of the molecule is FC(F)(F)Oc1ccc([C@H](C2CC2)N2CCNCC2)cc1. The van der Waals surface area contributed by atoms with Crippen LogP contribution in [0.15, 0.2) is 24.3 Å². The number of hydrogen-bond donors (Lipinski definition) is 1. The van der Waals surface area contributed by atoms with Gasteiger partial charge < -0.3 is 10.1 Å². The third-order valence-corrected chi connectivity index (χ3v) is 4.07. The second-order valence-corrected chi connectivity index (χ2v) is 5.69. The highest BCUT2D eigenvalue weighted by atomic mass is 19.4. The normalized spacial score (nSPS) is 22.0. The van der Waals surface area contributed by atoms with Gasteiger partial charge in [-0.05, 0) is 36.5 Å². The third kappa shape index (κ3) is 3.89. The molecule has 1 aliphatic heterocycles. The van der Waals surface area contributed by atoms with Crippen molar-refractivity contribution in [3.63, 3.8) is 0 Å². The second-order valence-electron chi connectivity index (χ2n) is 5.69. The largest absolute Gasteiger partial charge is 0.573 e. The van der Waals surface area contributed by atoms with Crippen molar-refractivity contribution in [2.75, 3.05) is 26.2 Å².